The Morgan fingerprint density at radius 1 is 1.41 bits per heavy atom. The third kappa shape index (κ3) is 4.10. The van der Waals surface area contributed by atoms with Gasteiger partial charge in [0.1, 0.15) is 5.75 Å². The fraction of sp³-hybridized carbons (Fsp3) is 0.500. The van der Waals surface area contributed by atoms with Gasteiger partial charge in [0.15, 0.2) is 0 Å². The maximum atomic E-state index is 10.5. The lowest BCUT2D eigenvalue weighted by Crippen LogP contribution is -2.00. The van der Waals surface area contributed by atoms with Gasteiger partial charge in [0.25, 0.3) is 0 Å². The van der Waals surface area contributed by atoms with E-state index < -0.39 is 5.97 Å². The Labute approximate surface area is 102 Å². The van der Waals surface area contributed by atoms with Gasteiger partial charge in [-0.25, -0.2) is 0 Å². The van der Waals surface area contributed by atoms with E-state index in [0.717, 1.165) is 12.2 Å². The van der Waals surface area contributed by atoms with Crippen molar-refractivity contribution in [2.45, 2.75) is 39.0 Å². The molecule has 0 heterocycles. The third-order valence-corrected chi connectivity index (χ3v) is 2.81. The molecule has 0 fully saturated rings. The maximum Gasteiger partial charge on any atom is 0.303 e. The number of carboxylic acid groups (broad SMARTS) is 1. The quantitative estimate of drug-likeness (QED) is 0.824. The molecule has 1 aromatic carbocycles. The molecule has 0 aromatic heterocycles. The number of carboxylic acids is 1. The predicted molar refractivity (Wildman–Crippen MR) is 67.7 cm³/mol. The summed E-state index contributed by atoms with van der Waals surface area (Å²) in [5.41, 5.74) is 2.47. The van der Waals surface area contributed by atoms with Crippen molar-refractivity contribution in [3.63, 3.8) is 0 Å². The molecule has 0 bridgehead atoms. The van der Waals surface area contributed by atoms with Crippen molar-refractivity contribution in [3.05, 3.63) is 29.3 Å². The molecule has 1 aromatic rings. The van der Waals surface area contributed by atoms with E-state index in [9.17, 15) is 4.79 Å². The van der Waals surface area contributed by atoms with E-state index in [0.29, 0.717) is 12.3 Å². The van der Waals surface area contributed by atoms with Crippen LogP contribution in [0.2, 0.25) is 0 Å². The number of aryl methyl sites for hydroxylation is 1. The first kappa shape index (κ1) is 13.6. The van der Waals surface area contributed by atoms with Gasteiger partial charge >= 0.3 is 5.97 Å². The molecule has 0 saturated carbocycles. The molecule has 0 unspecified atom stereocenters. The summed E-state index contributed by atoms with van der Waals surface area (Å²) in [5, 5.41) is 8.63. The first-order valence-electron chi connectivity index (χ1n) is 5.93. The molecule has 0 aliphatic rings. The van der Waals surface area contributed by atoms with Crippen molar-refractivity contribution >= 4 is 5.97 Å². The first-order chi connectivity index (χ1) is 8.04. The van der Waals surface area contributed by atoms with Crippen LogP contribution >= 0.6 is 0 Å². The van der Waals surface area contributed by atoms with E-state index in [-0.39, 0.29) is 6.42 Å². The third-order valence-electron chi connectivity index (χ3n) is 2.81. The van der Waals surface area contributed by atoms with E-state index in [4.69, 9.17) is 9.84 Å². The van der Waals surface area contributed by atoms with Crippen molar-refractivity contribution in [3.8, 4) is 5.75 Å². The molecule has 17 heavy (non-hydrogen) atoms. The van der Waals surface area contributed by atoms with E-state index in [1.54, 1.807) is 7.11 Å². The van der Waals surface area contributed by atoms with Crippen LogP contribution in [0.1, 0.15) is 43.7 Å². The Hall–Kier alpha value is -1.51. The van der Waals surface area contributed by atoms with Crippen molar-refractivity contribution < 1.29 is 14.6 Å². The molecule has 1 N–H and O–H groups in total. The van der Waals surface area contributed by atoms with Gasteiger partial charge < -0.3 is 9.84 Å². The average molecular weight is 236 g/mol. The SMILES string of the molecule is COc1ccc(CCCC(=O)O)c(C(C)C)c1. The van der Waals surface area contributed by atoms with Crippen LogP contribution in [0.15, 0.2) is 18.2 Å². The molecule has 0 aliphatic carbocycles. The smallest absolute Gasteiger partial charge is 0.303 e. The number of ether oxygens (including phenoxy) is 1. The normalized spacial score (nSPS) is 10.6. The van der Waals surface area contributed by atoms with Crippen LogP contribution in [0.5, 0.6) is 5.75 Å². The monoisotopic (exact) mass is 236 g/mol. The molecule has 0 saturated heterocycles. The van der Waals surface area contributed by atoms with Crippen LogP contribution in [0, 0.1) is 0 Å². The Bertz CT molecular complexity index is 383. The van der Waals surface area contributed by atoms with Crippen LogP contribution in [0.4, 0.5) is 0 Å². The molecule has 0 spiro atoms. The summed E-state index contributed by atoms with van der Waals surface area (Å²) >= 11 is 0. The van der Waals surface area contributed by atoms with Crippen LogP contribution in [0.25, 0.3) is 0 Å². The highest BCUT2D eigenvalue weighted by molar-refractivity contribution is 5.66. The van der Waals surface area contributed by atoms with Gasteiger partial charge in [-0.15, -0.1) is 0 Å². The summed E-state index contributed by atoms with van der Waals surface area (Å²) in [5.74, 6) is 0.547. The zero-order valence-electron chi connectivity index (χ0n) is 10.7. The second kappa shape index (κ2) is 6.28. The fourth-order valence-corrected chi connectivity index (χ4v) is 1.90. The number of benzene rings is 1. The first-order valence-corrected chi connectivity index (χ1v) is 5.93. The molecule has 0 radical (unpaired) electrons. The number of hydrogen-bond acceptors (Lipinski definition) is 2. The van der Waals surface area contributed by atoms with Crippen molar-refractivity contribution in [1.29, 1.82) is 0 Å². The molecule has 94 valence electrons. The Kier molecular flexibility index (Phi) is 5.01. The number of hydrogen-bond donors (Lipinski definition) is 1. The lowest BCUT2D eigenvalue weighted by atomic mass is 9.94. The van der Waals surface area contributed by atoms with Gasteiger partial charge in [-0.1, -0.05) is 19.9 Å². The minimum absolute atomic E-state index is 0.226. The molecular formula is C14H20O3. The number of methoxy groups -OCH3 is 1. The van der Waals surface area contributed by atoms with Crippen LogP contribution < -0.4 is 4.74 Å². The highest BCUT2D eigenvalue weighted by atomic mass is 16.5. The molecule has 0 aliphatic heterocycles. The molecule has 0 atom stereocenters. The van der Waals surface area contributed by atoms with Gasteiger partial charge in [-0.05, 0) is 42.0 Å². The Balaban J connectivity index is 2.79. The van der Waals surface area contributed by atoms with E-state index in [1.807, 2.05) is 18.2 Å². The molecule has 0 amide bonds. The zero-order chi connectivity index (χ0) is 12.8. The number of aliphatic carboxylic acids is 1. The summed E-state index contributed by atoms with van der Waals surface area (Å²) in [6.45, 7) is 4.27. The van der Waals surface area contributed by atoms with E-state index in [1.165, 1.54) is 11.1 Å². The minimum Gasteiger partial charge on any atom is -0.497 e. The average Bonchev–Trinajstić information content (AvgIpc) is 2.28. The van der Waals surface area contributed by atoms with E-state index in [2.05, 4.69) is 13.8 Å². The summed E-state index contributed by atoms with van der Waals surface area (Å²) in [6.07, 6.45) is 1.72. The van der Waals surface area contributed by atoms with Gasteiger partial charge in [0.2, 0.25) is 0 Å². The highest BCUT2D eigenvalue weighted by Crippen LogP contribution is 2.25. The van der Waals surface area contributed by atoms with Gasteiger partial charge in [-0.2, -0.15) is 0 Å². The maximum absolute atomic E-state index is 10.5. The zero-order valence-corrected chi connectivity index (χ0v) is 10.7. The van der Waals surface area contributed by atoms with Gasteiger partial charge in [-0.3, -0.25) is 4.79 Å². The van der Waals surface area contributed by atoms with Crippen LogP contribution in [0.3, 0.4) is 0 Å². The lowest BCUT2D eigenvalue weighted by Gasteiger charge is -2.14. The fourth-order valence-electron chi connectivity index (χ4n) is 1.90. The molecular weight excluding hydrogens is 216 g/mol. The largest absolute Gasteiger partial charge is 0.497 e. The summed E-state index contributed by atoms with van der Waals surface area (Å²) < 4.78 is 5.21. The molecule has 3 heteroatoms. The van der Waals surface area contributed by atoms with Gasteiger partial charge in [0.05, 0.1) is 7.11 Å². The highest BCUT2D eigenvalue weighted by Gasteiger charge is 2.08. The second-order valence-electron chi connectivity index (χ2n) is 4.47. The Morgan fingerprint density at radius 3 is 2.65 bits per heavy atom. The second-order valence-corrected chi connectivity index (χ2v) is 4.47. The predicted octanol–water partition coefficient (Wildman–Crippen LogP) is 3.23. The van der Waals surface area contributed by atoms with Crippen molar-refractivity contribution in [2.75, 3.05) is 7.11 Å². The summed E-state index contributed by atoms with van der Waals surface area (Å²) in [6, 6.07) is 6.01. The van der Waals surface area contributed by atoms with Crippen LogP contribution in [-0.4, -0.2) is 18.2 Å². The number of rotatable bonds is 6. The van der Waals surface area contributed by atoms with Crippen molar-refractivity contribution in [1.82, 2.24) is 0 Å². The molecule has 1 rings (SSSR count). The van der Waals surface area contributed by atoms with Gasteiger partial charge in [0, 0.05) is 6.42 Å². The summed E-state index contributed by atoms with van der Waals surface area (Å²) in [7, 11) is 1.66. The van der Waals surface area contributed by atoms with Crippen molar-refractivity contribution in [2.24, 2.45) is 0 Å². The molecule has 3 nitrogen and oxygen atoms in total. The lowest BCUT2D eigenvalue weighted by molar-refractivity contribution is -0.137. The van der Waals surface area contributed by atoms with Crippen LogP contribution in [-0.2, 0) is 11.2 Å². The topological polar surface area (TPSA) is 46.5 Å². The minimum atomic E-state index is -0.732. The summed E-state index contributed by atoms with van der Waals surface area (Å²) in [4.78, 5) is 10.5. The number of carbonyl (C=O) groups is 1. The van der Waals surface area contributed by atoms with E-state index >= 15 is 0 Å². The Morgan fingerprint density at radius 2 is 2.12 bits per heavy atom. The standard InChI is InChI=1S/C14H20O3/c1-10(2)13-9-12(17-3)8-7-11(13)5-4-6-14(15)16/h7-10H,4-6H2,1-3H3,(H,15,16).